The van der Waals surface area contributed by atoms with Crippen LogP contribution in [0.1, 0.15) is 12.3 Å². The van der Waals surface area contributed by atoms with Crippen molar-refractivity contribution in [2.45, 2.75) is 12.8 Å². The van der Waals surface area contributed by atoms with Crippen LogP contribution >= 0.6 is 27.5 Å². The molecule has 0 aliphatic heterocycles. The lowest BCUT2D eigenvalue weighted by Gasteiger charge is -2.05. The number of halogens is 3. The maximum Gasteiger partial charge on any atom is 0.311 e. The first-order valence-electron chi connectivity index (χ1n) is 7.38. The predicted molar refractivity (Wildman–Crippen MR) is 95.0 cm³/mol. The van der Waals surface area contributed by atoms with Crippen molar-refractivity contribution in [1.29, 1.82) is 0 Å². The molecule has 0 spiro atoms. The minimum atomic E-state index is -0.436. The highest BCUT2D eigenvalue weighted by Crippen LogP contribution is 2.28. The van der Waals surface area contributed by atoms with Crippen molar-refractivity contribution in [2.75, 3.05) is 0 Å². The Labute approximate surface area is 156 Å². The highest BCUT2D eigenvalue weighted by molar-refractivity contribution is 9.10. The number of hydrogen-bond donors (Lipinski definition) is 0. The van der Waals surface area contributed by atoms with Crippen LogP contribution < -0.4 is 4.74 Å². The SMILES string of the molecule is O=C(CCc1ncc(-c2ccccc2F)o1)Oc1ccc(Cl)cc1Br. The van der Waals surface area contributed by atoms with E-state index in [9.17, 15) is 9.18 Å². The molecule has 1 aromatic heterocycles. The maximum absolute atomic E-state index is 13.7. The third-order valence-electron chi connectivity index (χ3n) is 3.35. The fourth-order valence-corrected chi connectivity index (χ4v) is 2.92. The van der Waals surface area contributed by atoms with Gasteiger partial charge in [-0.15, -0.1) is 0 Å². The van der Waals surface area contributed by atoms with Gasteiger partial charge in [0.25, 0.3) is 0 Å². The van der Waals surface area contributed by atoms with Gasteiger partial charge in [0.05, 0.1) is 22.7 Å². The van der Waals surface area contributed by atoms with Crippen LogP contribution in [0.25, 0.3) is 11.3 Å². The summed E-state index contributed by atoms with van der Waals surface area (Å²) in [6.45, 7) is 0. The van der Waals surface area contributed by atoms with Gasteiger partial charge in [-0.25, -0.2) is 9.37 Å². The van der Waals surface area contributed by atoms with Crippen LogP contribution in [0, 0.1) is 5.82 Å². The third-order valence-corrected chi connectivity index (χ3v) is 4.21. The molecule has 0 saturated carbocycles. The van der Waals surface area contributed by atoms with Crippen LogP contribution in [0.2, 0.25) is 5.02 Å². The number of carbonyl (C=O) groups excluding carboxylic acids is 1. The first kappa shape index (κ1) is 17.6. The predicted octanol–water partition coefficient (Wildman–Crippen LogP) is 5.43. The molecule has 128 valence electrons. The van der Waals surface area contributed by atoms with Crippen molar-refractivity contribution in [2.24, 2.45) is 0 Å². The molecule has 1 heterocycles. The number of hydrogen-bond acceptors (Lipinski definition) is 4. The largest absolute Gasteiger partial charge is 0.441 e. The van der Waals surface area contributed by atoms with Crippen LogP contribution in [-0.2, 0) is 11.2 Å². The van der Waals surface area contributed by atoms with Crippen LogP contribution in [0.3, 0.4) is 0 Å². The van der Waals surface area contributed by atoms with Crippen LogP contribution in [0.5, 0.6) is 5.75 Å². The highest BCUT2D eigenvalue weighted by Gasteiger charge is 2.13. The lowest BCUT2D eigenvalue weighted by molar-refractivity contribution is -0.134. The number of nitrogens with zero attached hydrogens (tertiary/aromatic N) is 1. The highest BCUT2D eigenvalue weighted by atomic mass is 79.9. The molecule has 0 unspecified atom stereocenters. The summed E-state index contributed by atoms with van der Waals surface area (Å²) in [4.78, 5) is 16.0. The third kappa shape index (κ3) is 4.46. The minimum Gasteiger partial charge on any atom is -0.441 e. The van der Waals surface area contributed by atoms with Gasteiger partial charge in [-0.3, -0.25) is 4.79 Å². The van der Waals surface area contributed by atoms with Gasteiger partial charge in [0, 0.05) is 11.4 Å². The second kappa shape index (κ2) is 7.80. The summed E-state index contributed by atoms with van der Waals surface area (Å²) in [7, 11) is 0. The molecule has 0 fully saturated rings. The molecule has 25 heavy (non-hydrogen) atoms. The summed E-state index contributed by atoms with van der Waals surface area (Å²) in [5.41, 5.74) is 0.328. The van der Waals surface area contributed by atoms with Crippen molar-refractivity contribution >= 4 is 33.5 Å². The number of carbonyl (C=O) groups is 1. The molecule has 4 nitrogen and oxygen atoms in total. The van der Waals surface area contributed by atoms with Gasteiger partial charge >= 0.3 is 5.97 Å². The number of aromatic nitrogens is 1. The molecule has 3 rings (SSSR count). The van der Waals surface area contributed by atoms with Crippen molar-refractivity contribution in [3.05, 3.63) is 69.9 Å². The Balaban J connectivity index is 1.60. The Bertz CT molecular complexity index is 913. The second-order valence-electron chi connectivity index (χ2n) is 5.15. The van der Waals surface area contributed by atoms with Gasteiger partial charge in [-0.05, 0) is 46.3 Å². The van der Waals surface area contributed by atoms with Crippen LogP contribution in [-0.4, -0.2) is 11.0 Å². The zero-order valence-corrected chi connectivity index (χ0v) is 15.2. The van der Waals surface area contributed by atoms with Crippen molar-refractivity contribution in [3.8, 4) is 17.1 Å². The summed E-state index contributed by atoms with van der Waals surface area (Å²) >= 11 is 9.12. The van der Waals surface area contributed by atoms with Crippen LogP contribution in [0.15, 0.2) is 57.6 Å². The van der Waals surface area contributed by atoms with E-state index in [-0.39, 0.29) is 12.8 Å². The molecule has 0 saturated heterocycles. The summed E-state index contributed by atoms with van der Waals surface area (Å²) in [5, 5.41) is 0.534. The Hall–Kier alpha value is -2.18. The van der Waals surface area contributed by atoms with E-state index < -0.39 is 11.8 Å². The minimum absolute atomic E-state index is 0.0757. The average Bonchev–Trinajstić information content (AvgIpc) is 3.05. The lowest BCUT2D eigenvalue weighted by atomic mass is 10.2. The van der Waals surface area contributed by atoms with Crippen LogP contribution in [0.4, 0.5) is 4.39 Å². The summed E-state index contributed by atoms with van der Waals surface area (Å²) in [6, 6.07) is 11.1. The molecule has 0 amide bonds. The Morgan fingerprint density at radius 1 is 1.28 bits per heavy atom. The van der Waals surface area contributed by atoms with Gasteiger partial charge in [0.1, 0.15) is 11.6 Å². The number of oxazole rings is 1. The van der Waals surface area contributed by atoms with Gasteiger partial charge in [-0.2, -0.15) is 0 Å². The molecule has 0 radical (unpaired) electrons. The molecule has 0 N–H and O–H groups in total. The molecule has 2 aromatic carbocycles. The van der Waals surface area contributed by atoms with E-state index in [0.29, 0.717) is 32.5 Å². The van der Waals surface area contributed by atoms with Crippen molar-refractivity contribution in [3.63, 3.8) is 0 Å². The Morgan fingerprint density at radius 2 is 2.08 bits per heavy atom. The maximum atomic E-state index is 13.7. The molecule has 3 aromatic rings. The zero-order chi connectivity index (χ0) is 17.8. The van der Waals surface area contributed by atoms with E-state index in [1.165, 1.54) is 12.3 Å². The summed E-state index contributed by atoms with van der Waals surface area (Å²) < 4.78 is 25.1. The fraction of sp³-hybridized carbons (Fsp3) is 0.111. The van der Waals surface area contributed by atoms with E-state index in [4.69, 9.17) is 20.8 Å². The van der Waals surface area contributed by atoms with E-state index in [1.54, 1.807) is 36.4 Å². The number of aryl methyl sites for hydroxylation is 1. The monoisotopic (exact) mass is 423 g/mol. The standard InChI is InChI=1S/C18H12BrClFNO3/c19-13-9-11(20)5-6-15(13)25-18(23)8-7-17-22-10-16(24-17)12-3-1-2-4-14(12)21/h1-6,9-10H,7-8H2. The molecule has 7 heteroatoms. The molecule has 0 bridgehead atoms. The number of benzene rings is 2. The van der Waals surface area contributed by atoms with Gasteiger partial charge in [0.2, 0.25) is 0 Å². The van der Waals surface area contributed by atoms with E-state index in [1.807, 2.05) is 0 Å². The Kier molecular flexibility index (Phi) is 5.50. The quantitative estimate of drug-likeness (QED) is 0.404. The van der Waals surface area contributed by atoms with E-state index in [2.05, 4.69) is 20.9 Å². The Morgan fingerprint density at radius 3 is 2.84 bits per heavy atom. The van der Waals surface area contributed by atoms with Gasteiger partial charge < -0.3 is 9.15 Å². The molecule has 0 aliphatic carbocycles. The van der Waals surface area contributed by atoms with Gasteiger partial charge in [0.15, 0.2) is 11.7 Å². The first-order chi connectivity index (χ1) is 12.0. The van der Waals surface area contributed by atoms with Gasteiger partial charge in [-0.1, -0.05) is 23.7 Å². The fourth-order valence-electron chi connectivity index (χ4n) is 2.15. The molecule has 0 atom stereocenters. The smallest absolute Gasteiger partial charge is 0.311 e. The zero-order valence-electron chi connectivity index (χ0n) is 12.8. The van der Waals surface area contributed by atoms with Crippen molar-refractivity contribution < 1.29 is 18.3 Å². The summed E-state index contributed by atoms with van der Waals surface area (Å²) in [5.74, 6) is 0.215. The van der Waals surface area contributed by atoms with Crippen molar-refractivity contribution in [1.82, 2.24) is 4.98 Å². The number of esters is 1. The van der Waals surface area contributed by atoms with E-state index in [0.717, 1.165) is 0 Å². The molecular weight excluding hydrogens is 413 g/mol. The second-order valence-corrected chi connectivity index (χ2v) is 6.44. The first-order valence-corrected chi connectivity index (χ1v) is 8.55. The normalized spacial score (nSPS) is 10.7. The average molecular weight is 425 g/mol. The topological polar surface area (TPSA) is 52.3 Å². The number of rotatable bonds is 5. The lowest BCUT2D eigenvalue weighted by Crippen LogP contribution is -2.09. The number of ether oxygens (including phenoxy) is 1. The summed E-state index contributed by atoms with van der Waals surface area (Å²) in [6.07, 6.45) is 1.76. The van der Waals surface area contributed by atoms with E-state index >= 15 is 0 Å². The molecular formula is C18H12BrClFNO3. The molecule has 0 aliphatic rings.